The number of carbonyl (C=O) groups is 3. The van der Waals surface area contributed by atoms with E-state index in [2.05, 4.69) is 24.5 Å². The minimum atomic E-state index is -1.19. The summed E-state index contributed by atoms with van der Waals surface area (Å²) in [4.78, 5) is 38.3. The molecule has 0 aliphatic heterocycles. The standard InChI is InChI=1S/C29H30N4O4/c1-29(2)15-5-8-24(29)33-26(34)18-11-14-21(23(16-18)28(36)37)20-6-3-4-7-22(20)27(35)32-19-12-9-17(10-13-19)25(30)31/h3-4,6-7,9-14,16,24H,5,8,15H2,1-2H3,(H3,30,31)(H,32,35)(H,33,34)(H,36,37)/t24-/m1/s1. The lowest BCUT2D eigenvalue weighted by Gasteiger charge is -2.27. The molecule has 1 aliphatic rings. The van der Waals surface area contributed by atoms with Crippen molar-refractivity contribution in [2.75, 3.05) is 5.32 Å². The molecule has 190 valence electrons. The number of carboxylic acid groups (broad SMARTS) is 1. The number of amides is 2. The lowest BCUT2D eigenvalue weighted by molar-refractivity contribution is 0.0697. The van der Waals surface area contributed by atoms with E-state index in [4.69, 9.17) is 11.1 Å². The minimum absolute atomic E-state index is 0.01000. The maximum atomic E-state index is 13.1. The summed E-state index contributed by atoms with van der Waals surface area (Å²) >= 11 is 0. The number of nitrogens with one attached hydrogen (secondary N) is 3. The lowest BCUT2D eigenvalue weighted by Crippen LogP contribution is -2.41. The van der Waals surface area contributed by atoms with E-state index in [0.29, 0.717) is 22.4 Å². The van der Waals surface area contributed by atoms with E-state index in [9.17, 15) is 19.5 Å². The van der Waals surface area contributed by atoms with E-state index in [1.807, 2.05) is 0 Å². The van der Waals surface area contributed by atoms with Crippen LogP contribution in [0, 0.1) is 10.8 Å². The maximum Gasteiger partial charge on any atom is 0.336 e. The second-order valence-corrected chi connectivity index (χ2v) is 9.96. The van der Waals surface area contributed by atoms with E-state index in [-0.39, 0.29) is 39.9 Å². The van der Waals surface area contributed by atoms with Crippen LogP contribution in [0.4, 0.5) is 5.69 Å². The predicted octanol–water partition coefficient (Wildman–Crippen LogP) is 4.90. The summed E-state index contributed by atoms with van der Waals surface area (Å²) in [7, 11) is 0. The molecule has 6 N–H and O–H groups in total. The van der Waals surface area contributed by atoms with Gasteiger partial charge in [-0.1, -0.05) is 44.5 Å². The summed E-state index contributed by atoms with van der Waals surface area (Å²) < 4.78 is 0. The Kier molecular flexibility index (Phi) is 7.11. The molecular formula is C29H30N4O4. The van der Waals surface area contributed by atoms with Crippen molar-refractivity contribution >= 4 is 29.3 Å². The van der Waals surface area contributed by atoms with Crippen LogP contribution in [0.15, 0.2) is 66.7 Å². The van der Waals surface area contributed by atoms with Gasteiger partial charge in [0.1, 0.15) is 5.84 Å². The molecule has 3 aromatic rings. The average Bonchev–Trinajstić information content (AvgIpc) is 3.21. The molecule has 8 heteroatoms. The van der Waals surface area contributed by atoms with E-state index >= 15 is 0 Å². The molecular weight excluding hydrogens is 468 g/mol. The first-order valence-electron chi connectivity index (χ1n) is 12.1. The SMILES string of the molecule is CC1(C)CCC[C@H]1NC(=O)c1ccc(-c2ccccc2C(=O)Nc2ccc(C(=N)N)cc2)c(C(=O)O)c1. The molecule has 0 spiro atoms. The van der Waals surface area contributed by atoms with Gasteiger partial charge in [0, 0.05) is 28.4 Å². The normalized spacial score (nSPS) is 16.1. The number of anilines is 1. The van der Waals surface area contributed by atoms with Crippen LogP contribution in [0.1, 0.15) is 69.7 Å². The Hall–Kier alpha value is -4.46. The van der Waals surface area contributed by atoms with Gasteiger partial charge in [-0.05, 0) is 71.8 Å². The average molecular weight is 499 g/mol. The van der Waals surface area contributed by atoms with E-state index in [1.54, 1.807) is 60.7 Å². The second kappa shape index (κ2) is 10.3. The van der Waals surface area contributed by atoms with Crippen molar-refractivity contribution in [1.82, 2.24) is 5.32 Å². The van der Waals surface area contributed by atoms with Crippen LogP contribution in [-0.4, -0.2) is 34.8 Å². The molecule has 1 saturated carbocycles. The van der Waals surface area contributed by atoms with Crippen molar-refractivity contribution in [1.29, 1.82) is 5.41 Å². The number of carboxylic acids is 1. The molecule has 4 rings (SSSR count). The Morgan fingerprint density at radius 2 is 1.57 bits per heavy atom. The molecule has 1 fully saturated rings. The van der Waals surface area contributed by atoms with Crippen molar-refractivity contribution in [3.63, 3.8) is 0 Å². The first kappa shape index (κ1) is 25.6. The van der Waals surface area contributed by atoms with Gasteiger partial charge < -0.3 is 21.5 Å². The topological polar surface area (TPSA) is 145 Å². The quantitative estimate of drug-likeness (QED) is 0.232. The maximum absolute atomic E-state index is 13.1. The van der Waals surface area contributed by atoms with Crippen LogP contribution < -0.4 is 16.4 Å². The highest BCUT2D eigenvalue weighted by molar-refractivity contribution is 6.11. The first-order chi connectivity index (χ1) is 17.6. The molecule has 37 heavy (non-hydrogen) atoms. The van der Waals surface area contributed by atoms with Crippen LogP contribution in [0.5, 0.6) is 0 Å². The van der Waals surface area contributed by atoms with Crippen molar-refractivity contribution in [2.45, 2.75) is 39.2 Å². The Balaban J connectivity index is 1.63. The van der Waals surface area contributed by atoms with Gasteiger partial charge in [0.15, 0.2) is 0 Å². The smallest absolute Gasteiger partial charge is 0.336 e. The van der Waals surface area contributed by atoms with E-state index in [1.165, 1.54) is 6.07 Å². The Labute approximate surface area is 215 Å². The molecule has 0 unspecified atom stereocenters. The monoisotopic (exact) mass is 498 g/mol. The van der Waals surface area contributed by atoms with Crippen LogP contribution in [0.2, 0.25) is 0 Å². The fraction of sp³-hybridized carbons (Fsp3) is 0.241. The van der Waals surface area contributed by atoms with Crippen molar-refractivity contribution < 1.29 is 19.5 Å². The largest absolute Gasteiger partial charge is 0.478 e. The van der Waals surface area contributed by atoms with Crippen LogP contribution in [-0.2, 0) is 0 Å². The van der Waals surface area contributed by atoms with Crippen molar-refractivity contribution in [3.8, 4) is 11.1 Å². The summed E-state index contributed by atoms with van der Waals surface area (Å²) in [5, 5.41) is 23.3. The second-order valence-electron chi connectivity index (χ2n) is 9.96. The number of rotatable bonds is 7. The highest BCUT2D eigenvalue weighted by Gasteiger charge is 2.35. The van der Waals surface area contributed by atoms with Gasteiger partial charge in [-0.25, -0.2) is 4.79 Å². The highest BCUT2D eigenvalue weighted by Crippen LogP contribution is 2.37. The summed E-state index contributed by atoms with van der Waals surface area (Å²) in [6.45, 7) is 4.24. The number of benzene rings is 3. The third kappa shape index (κ3) is 5.53. The lowest BCUT2D eigenvalue weighted by atomic mass is 9.87. The molecule has 0 saturated heterocycles. The summed E-state index contributed by atoms with van der Waals surface area (Å²) in [6.07, 6.45) is 2.95. The Bertz CT molecular complexity index is 1380. The molecule has 1 aliphatic carbocycles. The Morgan fingerprint density at radius 1 is 0.919 bits per heavy atom. The van der Waals surface area contributed by atoms with Crippen LogP contribution in [0.25, 0.3) is 11.1 Å². The third-order valence-electron chi connectivity index (χ3n) is 6.99. The van der Waals surface area contributed by atoms with E-state index in [0.717, 1.165) is 19.3 Å². The van der Waals surface area contributed by atoms with Gasteiger partial charge in [0.05, 0.1) is 5.56 Å². The number of hydrogen-bond donors (Lipinski definition) is 5. The number of amidine groups is 1. The molecule has 3 aromatic carbocycles. The van der Waals surface area contributed by atoms with Crippen LogP contribution in [0.3, 0.4) is 0 Å². The van der Waals surface area contributed by atoms with Gasteiger partial charge in [0.25, 0.3) is 11.8 Å². The zero-order valence-corrected chi connectivity index (χ0v) is 20.8. The fourth-order valence-corrected chi connectivity index (χ4v) is 4.78. The summed E-state index contributed by atoms with van der Waals surface area (Å²) in [5.41, 5.74) is 7.76. The zero-order valence-electron chi connectivity index (χ0n) is 20.8. The minimum Gasteiger partial charge on any atom is -0.478 e. The van der Waals surface area contributed by atoms with Gasteiger partial charge in [-0.2, -0.15) is 0 Å². The molecule has 0 radical (unpaired) electrons. The number of nitrogen functional groups attached to an aromatic ring is 1. The van der Waals surface area contributed by atoms with Gasteiger partial charge in [-0.15, -0.1) is 0 Å². The third-order valence-corrected chi connectivity index (χ3v) is 6.99. The number of aromatic carboxylic acids is 1. The van der Waals surface area contributed by atoms with Crippen molar-refractivity contribution in [2.24, 2.45) is 11.1 Å². The van der Waals surface area contributed by atoms with Crippen LogP contribution >= 0.6 is 0 Å². The summed E-state index contributed by atoms with van der Waals surface area (Å²) in [6, 6.07) is 17.8. The predicted molar refractivity (Wildman–Crippen MR) is 143 cm³/mol. The van der Waals surface area contributed by atoms with Crippen molar-refractivity contribution in [3.05, 3.63) is 89.0 Å². The first-order valence-corrected chi connectivity index (χ1v) is 12.1. The molecule has 0 heterocycles. The number of nitrogens with two attached hydrogens (primary N) is 1. The number of carbonyl (C=O) groups excluding carboxylic acids is 2. The van der Waals surface area contributed by atoms with E-state index < -0.39 is 11.9 Å². The van der Waals surface area contributed by atoms with Gasteiger partial charge in [0.2, 0.25) is 0 Å². The molecule has 2 amide bonds. The summed E-state index contributed by atoms with van der Waals surface area (Å²) in [5.74, 6) is -2.00. The Morgan fingerprint density at radius 3 is 2.19 bits per heavy atom. The fourth-order valence-electron chi connectivity index (χ4n) is 4.78. The number of hydrogen-bond acceptors (Lipinski definition) is 4. The molecule has 1 atom stereocenters. The molecule has 0 aromatic heterocycles. The highest BCUT2D eigenvalue weighted by atomic mass is 16.4. The van der Waals surface area contributed by atoms with Gasteiger partial charge in [-0.3, -0.25) is 15.0 Å². The molecule has 8 nitrogen and oxygen atoms in total. The van der Waals surface area contributed by atoms with Gasteiger partial charge >= 0.3 is 5.97 Å². The molecule has 0 bridgehead atoms. The zero-order chi connectivity index (χ0) is 26.7.